The van der Waals surface area contributed by atoms with Gasteiger partial charge in [0.1, 0.15) is 18.0 Å². The third-order valence-corrected chi connectivity index (χ3v) is 4.63. The van der Waals surface area contributed by atoms with E-state index in [0.717, 1.165) is 16.5 Å². The van der Waals surface area contributed by atoms with Crippen LogP contribution in [0.4, 0.5) is 16.2 Å². The lowest BCUT2D eigenvalue weighted by Crippen LogP contribution is -2.38. The number of benzene rings is 2. The monoisotopic (exact) mass is 440 g/mol. The van der Waals surface area contributed by atoms with Crippen molar-refractivity contribution in [2.75, 3.05) is 26.1 Å². The average molecular weight is 440 g/mol. The zero-order valence-electron chi connectivity index (χ0n) is 17.5. The summed E-state index contributed by atoms with van der Waals surface area (Å²) in [7, 11) is 2.62. The fourth-order valence-electron chi connectivity index (χ4n) is 3.01. The van der Waals surface area contributed by atoms with Crippen LogP contribution in [0, 0.1) is 17.0 Å². The molecule has 32 heavy (non-hydrogen) atoms. The second kappa shape index (κ2) is 9.16. The minimum absolute atomic E-state index is 0.0230. The van der Waals surface area contributed by atoms with Crippen LogP contribution in [0.3, 0.4) is 0 Å². The maximum Gasteiger partial charge on any atom is 0.329 e. The Kier molecular flexibility index (Phi) is 6.38. The maximum absolute atomic E-state index is 12.7. The van der Waals surface area contributed by atoms with Crippen LogP contribution in [0.2, 0.25) is 0 Å². The topological polar surface area (TPSA) is 140 Å². The molecule has 0 aliphatic carbocycles. The molecular formula is C21H20N4O7. The summed E-state index contributed by atoms with van der Waals surface area (Å²) in [6.45, 7) is 1.40. The Morgan fingerprint density at radius 3 is 2.41 bits per heavy atom. The second-order valence-corrected chi connectivity index (χ2v) is 6.82. The fraction of sp³-hybridized carbons (Fsp3) is 0.190. The highest BCUT2D eigenvalue weighted by Gasteiger charge is 2.35. The predicted octanol–water partition coefficient (Wildman–Crippen LogP) is 2.45. The molecule has 4 amide bonds. The molecule has 11 heteroatoms. The first kappa shape index (κ1) is 22.3. The van der Waals surface area contributed by atoms with E-state index >= 15 is 0 Å². The normalized spacial score (nSPS) is 14.3. The number of hydrogen-bond acceptors (Lipinski definition) is 7. The van der Waals surface area contributed by atoms with Gasteiger partial charge in [0.15, 0.2) is 0 Å². The molecule has 1 aliphatic rings. The number of nitro benzene ring substituents is 1. The zero-order valence-corrected chi connectivity index (χ0v) is 17.5. The number of methoxy groups -OCH3 is 2. The van der Waals surface area contributed by atoms with E-state index in [4.69, 9.17) is 9.47 Å². The summed E-state index contributed by atoms with van der Waals surface area (Å²) in [6, 6.07) is 8.70. The lowest BCUT2D eigenvalue weighted by atomic mass is 10.1. The molecule has 2 aromatic rings. The minimum atomic E-state index is -0.790. The molecule has 1 aliphatic heterocycles. The first-order chi connectivity index (χ1) is 15.2. The summed E-state index contributed by atoms with van der Waals surface area (Å²) in [5.74, 6) is -1.14. The highest BCUT2D eigenvalue weighted by molar-refractivity contribution is 6.16. The fourth-order valence-corrected chi connectivity index (χ4v) is 3.01. The number of nitrogens with one attached hydrogen (secondary N) is 2. The van der Waals surface area contributed by atoms with E-state index < -0.39 is 29.3 Å². The molecule has 0 radical (unpaired) electrons. The van der Waals surface area contributed by atoms with Gasteiger partial charge in [0.2, 0.25) is 11.7 Å². The summed E-state index contributed by atoms with van der Waals surface area (Å²) in [5, 5.41) is 16.3. The van der Waals surface area contributed by atoms with E-state index in [0.29, 0.717) is 5.69 Å². The summed E-state index contributed by atoms with van der Waals surface area (Å²) < 4.78 is 10.2. The lowest BCUT2D eigenvalue weighted by Gasteiger charge is -2.12. The molecule has 0 saturated carbocycles. The Morgan fingerprint density at radius 2 is 1.81 bits per heavy atom. The van der Waals surface area contributed by atoms with Crippen molar-refractivity contribution in [2.24, 2.45) is 0 Å². The molecular weight excluding hydrogens is 420 g/mol. The predicted molar refractivity (Wildman–Crippen MR) is 114 cm³/mol. The molecule has 0 atom stereocenters. The van der Waals surface area contributed by atoms with Crippen molar-refractivity contribution < 1.29 is 28.8 Å². The number of carbonyl (C=O) groups excluding carboxylic acids is 3. The standard InChI is InChI=1S/C21H20N4O7/c1-12-4-6-14(7-5-12)22-19(26)11-24-20(27)15(23-21(24)28)8-13-9-16(25(29)30)18(32-3)10-17(13)31-2/h4-10H,11H2,1-3H3,(H,22,26)(H,23,28)/b15-8+. The smallest absolute Gasteiger partial charge is 0.329 e. The van der Waals surface area contributed by atoms with Gasteiger partial charge in [-0.25, -0.2) is 9.69 Å². The summed E-state index contributed by atoms with van der Waals surface area (Å²) in [4.78, 5) is 48.6. The number of rotatable bonds is 7. The molecule has 166 valence electrons. The van der Waals surface area contributed by atoms with Crippen molar-refractivity contribution in [3.8, 4) is 11.5 Å². The molecule has 0 aromatic heterocycles. The number of ether oxygens (including phenoxy) is 2. The molecule has 2 aromatic carbocycles. The van der Waals surface area contributed by atoms with E-state index in [2.05, 4.69) is 10.6 Å². The van der Waals surface area contributed by atoms with Gasteiger partial charge in [-0.1, -0.05) is 17.7 Å². The van der Waals surface area contributed by atoms with Gasteiger partial charge in [-0.3, -0.25) is 19.7 Å². The number of urea groups is 1. The van der Waals surface area contributed by atoms with E-state index in [-0.39, 0.29) is 28.4 Å². The molecule has 0 unspecified atom stereocenters. The minimum Gasteiger partial charge on any atom is -0.496 e. The number of hydrogen-bond donors (Lipinski definition) is 2. The van der Waals surface area contributed by atoms with Crippen molar-refractivity contribution in [3.63, 3.8) is 0 Å². The first-order valence-corrected chi connectivity index (χ1v) is 9.35. The van der Waals surface area contributed by atoms with Crippen LogP contribution in [0.15, 0.2) is 42.1 Å². The number of imide groups is 1. The molecule has 0 bridgehead atoms. The Morgan fingerprint density at radius 1 is 1.16 bits per heavy atom. The quantitative estimate of drug-likeness (QED) is 0.292. The Balaban J connectivity index is 1.82. The van der Waals surface area contributed by atoms with Gasteiger partial charge < -0.3 is 20.1 Å². The number of anilines is 1. The van der Waals surface area contributed by atoms with Crippen LogP contribution < -0.4 is 20.1 Å². The summed E-state index contributed by atoms with van der Waals surface area (Å²) in [5.41, 5.74) is 1.22. The van der Waals surface area contributed by atoms with E-state index in [1.54, 1.807) is 12.1 Å². The molecule has 1 heterocycles. The molecule has 0 spiro atoms. The van der Waals surface area contributed by atoms with Gasteiger partial charge in [-0.2, -0.15) is 0 Å². The number of aryl methyl sites for hydroxylation is 1. The van der Waals surface area contributed by atoms with Gasteiger partial charge in [0, 0.05) is 23.4 Å². The first-order valence-electron chi connectivity index (χ1n) is 9.35. The molecule has 11 nitrogen and oxygen atoms in total. The molecule has 2 N–H and O–H groups in total. The van der Waals surface area contributed by atoms with Crippen molar-refractivity contribution >= 4 is 35.3 Å². The lowest BCUT2D eigenvalue weighted by molar-refractivity contribution is -0.385. The number of carbonyl (C=O) groups is 3. The number of nitrogens with zero attached hydrogens (tertiary/aromatic N) is 2. The summed E-state index contributed by atoms with van der Waals surface area (Å²) in [6.07, 6.45) is 1.24. The summed E-state index contributed by atoms with van der Waals surface area (Å²) >= 11 is 0. The van der Waals surface area contributed by atoms with Crippen LogP contribution in [-0.4, -0.2) is 48.4 Å². The largest absolute Gasteiger partial charge is 0.496 e. The van der Waals surface area contributed by atoms with Crippen LogP contribution in [0.1, 0.15) is 11.1 Å². The van der Waals surface area contributed by atoms with Crippen molar-refractivity contribution in [1.82, 2.24) is 10.2 Å². The Labute approximate surface area is 182 Å². The van der Waals surface area contributed by atoms with Crippen LogP contribution in [-0.2, 0) is 9.59 Å². The third kappa shape index (κ3) is 4.67. The van der Waals surface area contributed by atoms with E-state index in [9.17, 15) is 24.5 Å². The van der Waals surface area contributed by atoms with Gasteiger partial charge >= 0.3 is 11.7 Å². The molecule has 1 fully saturated rings. The molecule has 1 saturated heterocycles. The Hall–Kier alpha value is -4.41. The zero-order chi connectivity index (χ0) is 23.4. The highest BCUT2D eigenvalue weighted by atomic mass is 16.6. The van der Waals surface area contributed by atoms with Crippen molar-refractivity contribution in [1.29, 1.82) is 0 Å². The van der Waals surface area contributed by atoms with Gasteiger partial charge in [-0.05, 0) is 25.1 Å². The average Bonchev–Trinajstić information content (AvgIpc) is 3.02. The van der Waals surface area contributed by atoms with Gasteiger partial charge in [-0.15, -0.1) is 0 Å². The second-order valence-electron chi connectivity index (χ2n) is 6.82. The van der Waals surface area contributed by atoms with E-state index in [1.807, 2.05) is 19.1 Å². The van der Waals surface area contributed by atoms with Crippen molar-refractivity contribution in [3.05, 3.63) is 63.3 Å². The van der Waals surface area contributed by atoms with Crippen molar-refractivity contribution in [2.45, 2.75) is 6.92 Å². The highest BCUT2D eigenvalue weighted by Crippen LogP contribution is 2.35. The van der Waals surface area contributed by atoms with Crippen LogP contribution in [0.5, 0.6) is 11.5 Å². The maximum atomic E-state index is 12.7. The van der Waals surface area contributed by atoms with E-state index in [1.165, 1.54) is 26.4 Å². The van der Waals surface area contributed by atoms with Crippen LogP contribution in [0.25, 0.3) is 6.08 Å². The Bertz CT molecular complexity index is 1130. The van der Waals surface area contributed by atoms with Gasteiger partial charge in [0.25, 0.3) is 5.91 Å². The van der Waals surface area contributed by atoms with Gasteiger partial charge in [0.05, 0.1) is 19.1 Å². The SMILES string of the molecule is COc1cc(OC)c([N+](=O)[O-])cc1/C=C1/NC(=O)N(CC(=O)Nc2ccc(C)cc2)C1=O. The van der Waals surface area contributed by atoms with Crippen LogP contribution >= 0.6 is 0 Å². The third-order valence-electron chi connectivity index (χ3n) is 4.63. The number of amides is 4. The number of nitro groups is 1. The molecule has 3 rings (SSSR count).